The highest BCUT2D eigenvalue weighted by molar-refractivity contribution is 5.76. The van der Waals surface area contributed by atoms with E-state index in [9.17, 15) is 4.79 Å². The summed E-state index contributed by atoms with van der Waals surface area (Å²) in [6, 6.07) is 6.00. The molecule has 1 aromatic rings. The molecule has 4 nitrogen and oxygen atoms in total. The molecule has 0 bridgehead atoms. The van der Waals surface area contributed by atoms with E-state index in [2.05, 4.69) is 23.7 Å². The minimum atomic E-state index is 0.336. The molecule has 0 spiro atoms. The number of piperidine rings is 1. The molecule has 1 aromatic heterocycles. The highest BCUT2D eigenvalue weighted by Gasteiger charge is 2.16. The van der Waals surface area contributed by atoms with E-state index in [4.69, 9.17) is 0 Å². The van der Waals surface area contributed by atoms with E-state index in [0.717, 1.165) is 38.2 Å². The van der Waals surface area contributed by atoms with Crippen molar-refractivity contribution in [1.82, 2.24) is 14.8 Å². The number of carbonyl (C=O) groups excluding carboxylic acids is 1. The lowest BCUT2D eigenvalue weighted by Gasteiger charge is -2.27. The molecule has 0 radical (unpaired) electrons. The second kappa shape index (κ2) is 9.50. The van der Waals surface area contributed by atoms with Crippen molar-refractivity contribution in [3.63, 3.8) is 0 Å². The van der Waals surface area contributed by atoms with Gasteiger partial charge >= 0.3 is 0 Å². The number of amides is 1. The van der Waals surface area contributed by atoms with Gasteiger partial charge in [-0.15, -0.1) is 0 Å². The van der Waals surface area contributed by atoms with E-state index in [0.29, 0.717) is 11.8 Å². The Morgan fingerprint density at radius 1 is 1.29 bits per heavy atom. The maximum atomic E-state index is 11.3. The molecule has 0 saturated carbocycles. The molecule has 4 heteroatoms. The lowest BCUT2D eigenvalue weighted by Crippen LogP contribution is -2.39. The Morgan fingerprint density at radius 3 is 2.52 bits per heavy atom. The predicted molar refractivity (Wildman–Crippen MR) is 87.3 cm³/mol. The molecule has 1 amide bonds. The fraction of sp³-hybridized carbons (Fsp3) is 0.647. The summed E-state index contributed by atoms with van der Waals surface area (Å²) in [5.74, 6) is 0.884. The van der Waals surface area contributed by atoms with Crippen molar-refractivity contribution in [3.05, 3.63) is 30.1 Å². The molecule has 2 rings (SSSR count). The third kappa shape index (κ3) is 7.23. The third-order valence-electron chi connectivity index (χ3n) is 3.52. The van der Waals surface area contributed by atoms with Gasteiger partial charge in [-0.25, -0.2) is 0 Å². The van der Waals surface area contributed by atoms with Gasteiger partial charge < -0.3 is 9.80 Å². The first-order valence-electron chi connectivity index (χ1n) is 7.84. The van der Waals surface area contributed by atoms with Crippen molar-refractivity contribution in [3.8, 4) is 0 Å². The Morgan fingerprint density at radius 2 is 2.05 bits per heavy atom. The smallest absolute Gasteiger partial charge is 0.222 e. The van der Waals surface area contributed by atoms with E-state index >= 15 is 0 Å². The molecule has 0 aliphatic carbocycles. The van der Waals surface area contributed by atoms with Crippen molar-refractivity contribution >= 4 is 5.91 Å². The van der Waals surface area contributed by atoms with Crippen LogP contribution in [0.15, 0.2) is 24.4 Å². The summed E-state index contributed by atoms with van der Waals surface area (Å²) in [4.78, 5) is 19.6. The van der Waals surface area contributed by atoms with Crippen molar-refractivity contribution in [2.75, 3.05) is 33.7 Å². The van der Waals surface area contributed by atoms with Crippen LogP contribution in [0.3, 0.4) is 0 Å². The maximum Gasteiger partial charge on any atom is 0.222 e. The number of aromatic nitrogens is 1. The maximum absolute atomic E-state index is 11.3. The zero-order chi connectivity index (χ0) is 15.7. The van der Waals surface area contributed by atoms with Crippen LogP contribution in [0, 0.1) is 0 Å². The van der Waals surface area contributed by atoms with Gasteiger partial charge in [0.05, 0.1) is 0 Å². The van der Waals surface area contributed by atoms with Gasteiger partial charge in [-0.05, 0) is 45.0 Å². The monoisotopic (exact) mass is 291 g/mol. The summed E-state index contributed by atoms with van der Waals surface area (Å²) in [6.07, 6.45) is 4.85. The van der Waals surface area contributed by atoms with E-state index < -0.39 is 0 Å². The van der Waals surface area contributed by atoms with E-state index in [1.807, 2.05) is 43.4 Å². The number of likely N-dealkylation sites (N-methyl/N-ethyl adjacent to an activating group) is 1. The lowest BCUT2D eigenvalue weighted by atomic mass is 10.1. The second-order valence-electron chi connectivity index (χ2n) is 6.05. The molecule has 1 saturated heterocycles. The van der Waals surface area contributed by atoms with Crippen LogP contribution in [-0.4, -0.2) is 54.4 Å². The Hall–Kier alpha value is -1.42. The van der Waals surface area contributed by atoms with Gasteiger partial charge in [-0.1, -0.05) is 19.9 Å². The zero-order valence-electron chi connectivity index (χ0n) is 13.9. The molecule has 1 aliphatic rings. The van der Waals surface area contributed by atoms with Crippen molar-refractivity contribution < 1.29 is 4.79 Å². The molecule has 0 aromatic carbocycles. The molecule has 2 heterocycles. The van der Waals surface area contributed by atoms with Gasteiger partial charge in [0, 0.05) is 37.9 Å². The van der Waals surface area contributed by atoms with Crippen LogP contribution in [0.2, 0.25) is 0 Å². The first kappa shape index (κ1) is 17.6. The summed E-state index contributed by atoms with van der Waals surface area (Å²) in [5, 5.41) is 0. The molecule has 1 aliphatic heterocycles. The highest BCUT2D eigenvalue weighted by atomic mass is 16.2. The third-order valence-corrected chi connectivity index (χ3v) is 3.52. The van der Waals surface area contributed by atoms with Gasteiger partial charge in [-0.2, -0.15) is 0 Å². The van der Waals surface area contributed by atoms with Crippen molar-refractivity contribution in [1.29, 1.82) is 0 Å². The Bertz CT molecular complexity index is 404. The Kier molecular flexibility index (Phi) is 7.98. The number of pyridine rings is 1. The van der Waals surface area contributed by atoms with Gasteiger partial charge in [0.15, 0.2) is 0 Å². The number of hydrogen-bond acceptors (Lipinski definition) is 3. The van der Waals surface area contributed by atoms with Gasteiger partial charge in [-0.3, -0.25) is 9.78 Å². The van der Waals surface area contributed by atoms with Crippen LogP contribution >= 0.6 is 0 Å². The summed E-state index contributed by atoms with van der Waals surface area (Å²) in [5.41, 5.74) is 1.16. The molecule has 0 atom stereocenters. The second-order valence-corrected chi connectivity index (χ2v) is 6.05. The van der Waals surface area contributed by atoms with Gasteiger partial charge in [0.25, 0.3) is 0 Å². The van der Waals surface area contributed by atoms with Crippen molar-refractivity contribution in [2.24, 2.45) is 0 Å². The largest absolute Gasteiger partial charge is 0.341 e. The molecule has 21 heavy (non-hydrogen) atoms. The standard InChI is InChI=1S/C9H18N2O.C8H11N/c1-10(2)7-8-11-6-4-3-5-9(11)12;1-7(2)8-5-3-4-6-9-8/h3-8H2,1-2H3;3-7H,1-2H3. The average Bonchev–Trinajstić information content (AvgIpc) is 2.48. The number of carbonyl (C=O) groups is 1. The molecule has 1 fully saturated rings. The van der Waals surface area contributed by atoms with Gasteiger partial charge in [0.1, 0.15) is 0 Å². The summed E-state index contributed by atoms with van der Waals surface area (Å²) in [7, 11) is 4.07. The fourth-order valence-corrected chi connectivity index (χ4v) is 2.14. The van der Waals surface area contributed by atoms with Crippen LogP contribution in [0.1, 0.15) is 44.7 Å². The molecular formula is C17H29N3O. The predicted octanol–water partition coefficient (Wildman–Crippen LogP) is 2.77. The number of likely N-dealkylation sites (tertiary alicyclic amines) is 1. The van der Waals surface area contributed by atoms with Crippen LogP contribution in [0.5, 0.6) is 0 Å². The number of rotatable bonds is 4. The highest BCUT2D eigenvalue weighted by Crippen LogP contribution is 2.09. The minimum absolute atomic E-state index is 0.336. The minimum Gasteiger partial charge on any atom is -0.341 e. The van der Waals surface area contributed by atoms with Crippen LogP contribution < -0.4 is 0 Å². The SMILES string of the molecule is CC(C)c1ccccn1.CN(C)CCN1CCCCC1=O. The average molecular weight is 291 g/mol. The Balaban J connectivity index is 0.000000219. The quantitative estimate of drug-likeness (QED) is 0.856. The summed E-state index contributed by atoms with van der Waals surface area (Å²) >= 11 is 0. The van der Waals surface area contributed by atoms with Gasteiger partial charge in [0.2, 0.25) is 5.91 Å². The lowest BCUT2D eigenvalue weighted by molar-refractivity contribution is -0.133. The molecular weight excluding hydrogens is 262 g/mol. The van der Waals surface area contributed by atoms with Crippen molar-refractivity contribution in [2.45, 2.75) is 39.0 Å². The van der Waals surface area contributed by atoms with E-state index in [1.165, 1.54) is 6.42 Å². The zero-order valence-corrected chi connectivity index (χ0v) is 13.9. The summed E-state index contributed by atoms with van der Waals surface area (Å²) < 4.78 is 0. The van der Waals surface area contributed by atoms with E-state index in [-0.39, 0.29) is 0 Å². The normalized spacial score (nSPS) is 15.1. The number of hydrogen-bond donors (Lipinski definition) is 0. The van der Waals surface area contributed by atoms with Crippen LogP contribution in [-0.2, 0) is 4.79 Å². The topological polar surface area (TPSA) is 36.4 Å². The molecule has 0 unspecified atom stereocenters. The summed E-state index contributed by atoms with van der Waals surface area (Å²) in [6.45, 7) is 7.12. The first-order chi connectivity index (χ1) is 10.0. The van der Waals surface area contributed by atoms with E-state index in [1.54, 1.807) is 0 Å². The van der Waals surface area contributed by atoms with Crippen LogP contribution in [0.4, 0.5) is 0 Å². The molecule has 118 valence electrons. The first-order valence-corrected chi connectivity index (χ1v) is 7.84. The fourth-order valence-electron chi connectivity index (χ4n) is 2.14. The Labute approximate surface area is 129 Å². The molecule has 0 N–H and O–H groups in total. The number of nitrogens with zero attached hydrogens (tertiary/aromatic N) is 3. The van der Waals surface area contributed by atoms with Crippen LogP contribution in [0.25, 0.3) is 0 Å².